The maximum atomic E-state index is 13.2. The van der Waals surface area contributed by atoms with Gasteiger partial charge in [-0.1, -0.05) is 19.1 Å². The summed E-state index contributed by atoms with van der Waals surface area (Å²) >= 11 is 0. The van der Waals surface area contributed by atoms with Gasteiger partial charge in [-0.25, -0.2) is 14.0 Å². The molecule has 0 saturated heterocycles. The average Bonchev–Trinajstić information content (AvgIpc) is 2.82. The van der Waals surface area contributed by atoms with Gasteiger partial charge in [0.2, 0.25) is 0 Å². The van der Waals surface area contributed by atoms with Crippen molar-refractivity contribution >= 4 is 23.6 Å². The molecule has 9 heteroatoms. The molecule has 1 heterocycles. The van der Waals surface area contributed by atoms with Gasteiger partial charge in [0.1, 0.15) is 12.4 Å². The number of allylic oxidation sites excluding steroid dienone is 1. The highest BCUT2D eigenvalue weighted by atomic mass is 19.1. The van der Waals surface area contributed by atoms with Gasteiger partial charge in [-0.3, -0.25) is 9.69 Å². The van der Waals surface area contributed by atoms with E-state index in [1.807, 2.05) is 6.92 Å². The zero-order chi connectivity index (χ0) is 24.7. The number of esters is 1. The highest BCUT2D eigenvalue weighted by molar-refractivity contribution is 6.04. The summed E-state index contributed by atoms with van der Waals surface area (Å²) in [5.74, 6) is -1.40. The lowest BCUT2D eigenvalue weighted by Crippen LogP contribution is -2.48. The minimum Gasteiger partial charge on any atom is -0.460 e. The van der Waals surface area contributed by atoms with Crippen LogP contribution in [0.1, 0.15) is 42.2 Å². The lowest BCUT2D eigenvalue weighted by Gasteiger charge is -2.35. The maximum absolute atomic E-state index is 13.2. The van der Waals surface area contributed by atoms with E-state index in [1.54, 1.807) is 31.2 Å². The van der Waals surface area contributed by atoms with Gasteiger partial charge in [0.25, 0.3) is 5.91 Å². The van der Waals surface area contributed by atoms with Crippen LogP contribution in [0.5, 0.6) is 0 Å². The molecule has 0 saturated carbocycles. The molecule has 1 aliphatic heterocycles. The number of rotatable bonds is 9. The van der Waals surface area contributed by atoms with E-state index in [-0.39, 0.29) is 19.2 Å². The lowest BCUT2D eigenvalue weighted by atomic mass is 9.94. The summed E-state index contributed by atoms with van der Waals surface area (Å²) in [6.45, 7) is 4.44. The van der Waals surface area contributed by atoms with Crippen molar-refractivity contribution in [2.45, 2.75) is 26.3 Å². The average molecular weight is 470 g/mol. The van der Waals surface area contributed by atoms with Crippen LogP contribution in [-0.2, 0) is 14.3 Å². The Morgan fingerprint density at radius 1 is 1.15 bits per heavy atom. The van der Waals surface area contributed by atoms with E-state index in [0.717, 1.165) is 0 Å². The number of ether oxygens (including phenoxy) is 2. The largest absolute Gasteiger partial charge is 0.460 e. The smallest absolute Gasteiger partial charge is 0.338 e. The number of hydrogen-bond acceptors (Lipinski definition) is 5. The van der Waals surface area contributed by atoms with Crippen LogP contribution < -0.4 is 10.6 Å². The van der Waals surface area contributed by atoms with Gasteiger partial charge in [0, 0.05) is 30.6 Å². The standard InChI is InChI=1S/C25H28FN3O5/c1-4-12-29-16(2)21(24(31)34-14-13-33-3)22(28-25(29)32)18-6-5-7-20(15-18)27-23(30)17-8-10-19(26)11-9-17/h5-11,15,22H,4,12-14H2,1-3H3,(H,27,30)(H,28,32). The van der Waals surface area contributed by atoms with Crippen molar-refractivity contribution in [1.29, 1.82) is 0 Å². The minimum atomic E-state index is -0.765. The van der Waals surface area contributed by atoms with Crippen molar-refractivity contribution in [3.05, 3.63) is 76.7 Å². The van der Waals surface area contributed by atoms with Crippen molar-refractivity contribution < 1.29 is 28.2 Å². The quantitative estimate of drug-likeness (QED) is 0.427. The number of hydrogen-bond donors (Lipinski definition) is 2. The Morgan fingerprint density at radius 2 is 1.88 bits per heavy atom. The highest BCUT2D eigenvalue weighted by Gasteiger charge is 2.36. The molecule has 0 radical (unpaired) electrons. The van der Waals surface area contributed by atoms with Crippen molar-refractivity contribution in [1.82, 2.24) is 10.2 Å². The molecule has 180 valence electrons. The van der Waals surface area contributed by atoms with E-state index in [4.69, 9.17) is 9.47 Å². The lowest BCUT2D eigenvalue weighted by molar-refractivity contribution is -0.140. The molecule has 0 fully saturated rings. The Bertz CT molecular complexity index is 1080. The second-order valence-corrected chi connectivity index (χ2v) is 7.75. The fourth-order valence-corrected chi connectivity index (χ4v) is 3.68. The number of nitrogens with zero attached hydrogens (tertiary/aromatic N) is 1. The molecule has 0 bridgehead atoms. The van der Waals surface area contributed by atoms with Gasteiger partial charge < -0.3 is 20.1 Å². The van der Waals surface area contributed by atoms with Crippen LogP contribution in [0.3, 0.4) is 0 Å². The molecular weight excluding hydrogens is 441 g/mol. The first-order valence-corrected chi connectivity index (χ1v) is 11.0. The molecule has 2 N–H and O–H groups in total. The monoisotopic (exact) mass is 469 g/mol. The van der Waals surface area contributed by atoms with Crippen molar-refractivity contribution in [2.75, 3.05) is 32.2 Å². The third-order valence-corrected chi connectivity index (χ3v) is 5.37. The number of amides is 3. The summed E-state index contributed by atoms with van der Waals surface area (Å²) in [6.07, 6.45) is 0.715. The molecule has 3 amide bonds. The summed E-state index contributed by atoms with van der Waals surface area (Å²) in [5, 5.41) is 5.64. The zero-order valence-electron chi connectivity index (χ0n) is 19.4. The topological polar surface area (TPSA) is 97.0 Å². The molecule has 8 nitrogen and oxygen atoms in total. The van der Waals surface area contributed by atoms with Gasteiger partial charge in [-0.15, -0.1) is 0 Å². The second kappa shape index (κ2) is 11.4. The summed E-state index contributed by atoms with van der Waals surface area (Å²) in [5.41, 5.74) is 2.18. The van der Waals surface area contributed by atoms with Crippen LogP contribution in [0.2, 0.25) is 0 Å². The van der Waals surface area contributed by atoms with E-state index in [2.05, 4.69) is 10.6 Å². The van der Waals surface area contributed by atoms with Crippen molar-refractivity contribution in [3.63, 3.8) is 0 Å². The second-order valence-electron chi connectivity index (χ2n) is 7.75. The van der Waals surface area contributed by atoms with Crippen LogP contribution in [0, 0.1) is 5.82 Å². The minimum absolute atomic E-state index is 0.0777. The molecule has 1 unspecified atom stereocenters. The zero-order valence-corrected chi connectivity index (χ0v) is 19.4. The summed E-state index contributed by atoms with van der Waals surface area (Å²) < 4.78 is 23.5. The van der Waals surface area contributed by atoms with Gasteiger partial charge in [0.05, 0.1) is 18.2 Å². The Labute approximate surface area is 197 Å². The fraction of sp³-hybridized carbons (Fsp3) is 0.320. The van der Waals surface area contributed by atoms with Crippen LogP contribution in [-0.4, -0.2) is 49.7 Å². The SMILES string of the molecule is CCCN1C(=O)NC(c2cccc(NC(=O)c3ccc(F)cc3)c2)C(C(=O)OCCOC)=C1C. The highest BCUT2D eigenvalue weighted by Crippen LogP contribution is 2.32. The third-order valence-electron chi connectivity index (χ3n) is 5.37. The van der Waals surface area contributed by atoms with Crippen molar-refractivity contribution in [3.8, 4) is 0 Å². The van der Waals surface area contributed by atoms with Crippen LogP contribution in [0.15, 0.2) is 59.8 Å². The number of carbonyl (C=O) groups excluding carboxylic acids is 3. The predicted molar refractivity (Wildman–Crippen MR) is 125 cm³/mol. The number of benzene rings is 2. The first kappa shape index (κ1) is 24.9. The Morgan fingerprint density at radius 3 is 2.56 bits per heavy atom. The molecule has 34 heavy (non-hydrogen) atoms. The molecule has 2 aromatic carbocycles. The number of carbonyl (C=O) groups is 3. The van der Waals surface area contributed by atoms with E-state index < -0.39 is 23.7 Å². The number of urea groups is 1. The van der Waals surface area contributed by atoms with Gasteiger partial charge in [-0.2, -0.15) is 0 Å². The molecule has 0 aromatic heterocycles. The Hall–Kier alpha value is -3.72. The number of anilines is 1. The maximum Gasteiger partial charge on any atom is 0.338 e. The summed E-state index contributed by atoms with van der Waals surface area (Å²) in [4.78, 5) is 39.8. The first-order valence-electron chi connectivity index (χ1n) is 11.0. The predicted octanol–water partition coefficient (Wildman–Crippen LogP) is 4.02. The van der Waals surface area contributed by atoms with E-state index in [9.17, 15) is 18.8 Å². The van der Waals surface area contributed by atoms with E-state index in [1.165, 1.54) is 36.3 Å². The van der Waals surface area contributed by atoms with Gasteiger partial charge in [-0.05, 0) is 55.3 Å². The van der Waals surface area contributed by atoms with Crippen LogP contribution >= 0.6 is 0 Å². The molecule has 3 rings (SSSR count). The van der Waals surface area contributed by atoms with Gasteiger partial charge >= 0.3 is 12.0 Å². The van der Waals surface area contributed by atoms with Gasteiger partial charge in [0.15, 0.2) is 0 Å². The fourth-order valence-electron chi connectivity index (χ4n) is 3.68. The molecular formula is C25H28FN3O5. The van der Waals surface area contributed by atoms with Crippen LogP contribution in [0.25, 0.3) is 0 Å². The number of methoxy groups -OCH3 is 1. The normalized spacial score (nSPS) is 15.7. The first-order chi connectivity index (χ1) is 16.3. The Kier molecular flexibility index (Phi) is 8.37. The number of nitrogens with one attached hydrogen (secondary N) is 2. The molecule has 1 atom stereocenters. The number of halogens is 1. The molecule has 1 aliphatic rings. The van der Waals surface area contributed by atoms with Crippen LogP contribution in [0.4, 0.5) is 14.9 Å². The molecule has 2 aromatic rings. The van der Waals surface area contributed by atoms with Crippen molar-refractivity contribution in [2.24, 2.45) is 0 Å². The summed E-state index contributed by atoms with van der Waals surface area (Å²) in [7, 11) is 1.51. The Balaban J connectivity index is 1.91. The van der Waals surface area contributed by atoms with E-state index >= 15 is 0 Å². The molecule has 0 spiro atoms. The molecule has 0 aliphatic carbocycles. The van der Waals surface area contributed by atoms with E-state index in [0.29, 0.717) is 41.1 Å². The summed E-state index contributed by atoms with van der Waals surface area (Å²) in [6, 6.07) is 10.9. The third kappa shape index (κ3) is 5.79.